The molecule has 0 saturated carbocycles. The van der Waals surface area contributed by atoms with Crippen LogP contribution >= 0.6 is 0 Å². The number of rotatable bonds is 13. The van der Waals surface area contributed by atoms with Gasteiger partial charge in [0.1, 0.15) is 18.1 Å². The van der Waals surface area contributed by atoms with Gasteiger partial charge in [-0.3, -0.25) is 24.0 Å². The van der Waals surface area contributed by atoms with E-state index in [2.05, 4.69) is 20.9 Å². The van der Waals surface area contributed by atoms with Gasteiger partial charge in [-0.05, 0) is 30.9 Å². The fourth-order valence-corrected chi connectivity index (χ4v) is 3.68. The van der Waals surface area contributed by atoms with Crippen LogP contribution in [0.15, 0.2) is 30.5 Å². The number of nitrogens with two attached hydrogens (primary N) is 2. The van der Waals surface area contributed by atoms with Crippen molar-refractivity contribution in [2.45, 2.75) is 64.2 Å². The van der Waals surface area contributed by atoms with Crippen LogP contribution in [0.25, 0.3) is 10.9 Å². The smallest absolute Gasteiger partial charge is 0.325 e. The van der Waals surface area contributed by atoms with E-state index in [1.165, 1.54) is 6.92 Å². The van der Waals surface area contributed by atoms with Gasteiger partial charge < -0.3 is 37.5 Å². The number of carbonyl (C=O) groups is 5. The molecule has 0 saturated heterocycles. The Morgan fingerprint density at radius 2 is 1.56 bits per heavy atom. The molecule has 0 aliphatic heterocycles. The van der Waals surface area contributed by atoms with Gasteiger partial charge in [0.05, 0.1) is 12.5 Å². The normalized spacial score (nSPS) is 14.5. The van der Waals surface area contributed by atoms with Crippen LogP contribution in [0, 0.1) is 5.92 Å². The molecule has 0 aliphatic rings. The Morgan fingerprint density at radius 3 is 2.17 bits per heavy atom. The minimum absolute atomic E-state index is 0.0619. The fourth-order valence-electron chi connectivity index (χ4n) is 3.68. The van der Waals surface area contributed by atoms with Crippen LogP contribution in [0.3, 0.4) is 0 Å². The van der Waals surface area contributed by atoms with E-state index in [0.29, 0.717) is 6.42 Å². The Bertz CT molecular complexity index is 1110. The molecule has 36 heavy (non-hydrogen) atoms. The molecule has 0 fully saturated rings. The summed E-state index contributed by atoms with van der Waals surface area (Å²) in [6.07, 6.45) is 1.61. The highest BCUT2D eigenvalue weighted by Crippen LogP contribution is 2.19. The van der Waals surface area contributed by atoms with Gasteiger partial charge in [-0.2, -0.15) is 0 Å². The maximum Gasteiger partial charge on any atom is 0.325 e. The number of fused-ring (bicyclic) bond motifs is 1. The third-order valence-electron chi connectivity index (χ3n) is 5.56. The topological polar surface area (TPSA) is 209 Å². The molecule has 12 heteroatoms. The summed E-state index contributed by atoms with van der Waals surface area (Å²) >= 11 is 0. The SMILES string of the molecule is CC(C)CC(N)C(=O)NC(Cc1c[nH]c2ccccc12)C(=O)NC(CC(N)=O)C(=O)NC(C)C(=O)O. The first-order valence-corrected chi connectivity index (χ1v) is 11.6. The lowest BCUT2D eigenvalue weighted by atomic mass is 10.0. The molecule has 196 valence electrons. The number of carbonyl (C=O) groups excluding carboxylic acids is 4. The first-order valence-electron chi connectivity index (χ1n) is 11.6. The molecule has 2 rings (SSSR count). The average Bonchev–Trinajstić information content (AvgIpc) is 3.20. The second-order valence-electron chi connectivity index (χ2n) is 9.16. The van der Waals surface area contributed by atoms with Crippen molar-refractivity contribution in [3.05, 3.63) is 36.0 Å². The molecular weight excluding hydrogens is 468 g/mol. The number of nitrogens with one attached hydrogen (secondary N) is 4. The first-order chi connectivity index (χ1) is 16.9. The van der Waals surface area contributed by atoms with Gasteiger partial charge >= 0.3 is 5.97 Å². The Morgan fingerprint density at radius 1 is 0.944 bits per heavy atom. The van der Waals surface area contributed by atoms with Gasteiger partial charge in [-0.25, -0.2) is 0 Å². The van der Waals surface area contributed by atoms with Crippen molar-refractivity contribution in [1.82, 2.24) is 20.9 Å². The molecule has 1 aromatic heterocycles. The molecule has 0 bridgehead atoms. The molecule has 0 radical (unpaired) electrons. The van der Waals surface area contributed by atoms with Crippen molar-refractivity contribution in [3.63, 3.8) is 0 Å². The van der Waals surface area contributed by atoms with Crippen LogP contribution in [0.4, 0.5) is 0 Å². The summed E-state index contributed by atoms with van der Waals surface area (Å²) in [6, 6.07) is 2.71. The predicted molar refractivity (Wildman–Crippen MR) is 132 cm³/mol. The number of hydrogen-bond acceptors (Lipinski definition) is 6. The molecule has 0 spiro atoms. The van der Waals surface area contributed by atoms with Crippen molar-refractivity contribution >= 4 is 40.5 Å². The number of carboxylic acids is 1. The van der Waals surface area contributed by atoms with E-state index in [1.807, 2.05) is 38.1 Å². The van der Waals surface area contributed by atoms with Crippen molar-refractivity contribution in [2.75, 3.05) is 0 Å². The van der Waals surface area contributed by atoms with Gasteiger partial charge in [-0.1, -0.05) is 32.0 Å². The maximum absolute atomic E-state index is 13.3. The highest BCUT2D eigenvalue weighted by molar-refractivity contribution is 5.96. The first kappa shape index (κ1) is 28.3. The van der Waals surface area contributed by atoms with Gasteiger partial charge in [0.2, 0.25) is 23.6 Å². The van der Waals surface area contributed by atoms with E-state index in [9.17, 15) is 24.0 Å². The van der Waals surface area contributed by atoms with Crippen LogP contribution in [0.5, 0.6) is 0 Å². The third kappa shape index (κ3) is 8.08. The Kier molecular flexibility index (Phi) is 9.97. The predicted octanol–water partition coefficient (Wildman–Crippen LogP) is -0.482. The number of H-pyrrole nitrogens is 1. The Balaban J connectivity index is 2.29. The number of aromatic amines is 1. The summed E-state index contributed by atoms with van der Waals surface area (Å²) in [5, 5.41) is 17.2. The van der Waals surface area contributed by atoms with Crippen molar-refractivity contribution in [2.24, 2.45) is 17.4 Å². The van der Waals surface area contributed by atoms with Gasteiger partial charge in [0.15, 0.2) is 0 Å². The van der Waals surface area contributed by atoms with Crippen LogP contribution in [-0.4, -0.2) is 63.9 Å². The molecule has 0 aliphatic carbocycles. The van der Waals surface area contributed by atoms with Gasteiger partial charge in [-0.15, -0.1) is 0 Å². The number of carboxylic acid groups (broad SMARTS) is 1. The summed E-state index contributed by atoms with van der Waals surface area (Å²) in [4.78, 5) is 64.4. The number of aromatic nitrogens is 1. The molecule has 4 atom stereocenters. The molecule has 4 unspecified atom stereocenters. The Hall–Kier alpha value is -3.93. The second-order valence-corrected chi connectivity index (χ2v) is 9.16. The number of amides is 4. The van der Waals surface area contributed by atoms with E-state index >= 15 is 0 Å². The summed E-state index contributed by atoms with van der Waals surface area (Å²) in [7, 11) is 0. The van der Waals surface area contributed by atoms with Gasteiger partial charge in [0.25, 0.3) is 0 Å². The van der Waals surface area contributed by atoms with Gasteiger partial charge in [0, 0.05) is 23.5 Å². The zero-order valence-electron chi connectivity index (χ0n) is 20.5. The van der Waals surface area contributed by atoms with E-state index in [-0.39, 0.29) is 12.3 Å². The lowest BCUT2D eigenvalue weighted by Gasteiger charge is -2.24. The molecule has 4 amide bonds. The highest BCUT2D eigenvalue weighted by atomic mass is 16.4. The zero-order valence-corrected chi connectivity index (χ0v) is 20.5. The van der Waals surface area contributed by atoms with E-state index in [1.54, 1.807) is 6.20 Å². The molecule has 2 aromatic rings. The van der Waals surface area contributed by atoms with Crippen molar-refractivity contribution < 1.29 is 29.1 Å². The lowest BCUT2D eigenvalue weighted by molar-refractivity contribution is -0.142. The molecule has 1 heterocycles. The molecular formula is C24H34N6O6. The van der Waals surface area contributed by atoms with Crippen LogP contribution in [-0.2, 0) is 30.4 Å². The number of benzene rings is 1. The maximum atomic E-state index is 13.3. The minimum atomic E-state index is -1.44. The average molecular weight is 503 g/mol. The fraction of sp³-hybridized carbons (Fsp3) is 0.458. The van der Waals surface area contributed by atoms with E-state index in [0.717, 1.165) is 16.5 Å². The lowest BCUT2D eigenvalue weighted by Crippen LogP contribution is -2.58. The Labute approximate surface area is 208 Å². The number of aliphatic carboxylic acids is 1. The highest BCUT2D eigenvalue weighted by Gasteiger charge is 2.31. The number of primary amides is 1. The molecule has 9 N–H and O–H groups in total. The summed E-state index contributed by atoms with van der Waals surface area (Å²) in [6.45, 7) is 5.06. The summed E-state index contributed by atoms with van der Waals surface area (Å²) in [5.74, 6) is -4.23. The largest absolute Gasteiger partial charge is 0.480 e. The quantitative estimate of drug-likeness (QED) is 0.191. The third-order valence-corrected chi connectivity index (χ3v) is 5.56. The summed E-state index contributed by atoms with van der Waals surface area (Å²) < 4.78 is 0. The standard InChI is InChI=1S/C24H34N6O6/c1-12(2)8-16(25)21(32)29-18(9-14-11-27-17-7-5-4-6-15(14)17)23(34)30-19(10-20(26)31)22(33)28-13(3)24(35)36/h4-7,11-13,16,18-19,27H,8-10,25H2,1-3H3,(H2,26,31)(H,28,33)(H,29,32)(H,30,34)(H,35,36). The number of para-hydroxylation sites is 1. The summed E-state index contributed by atoms with van der Waals surface area (Å²) in [5.41, 5.74) is 12.8. The second kappa shape index (κ2) is 12.7. The molecule has 12 nitrogen and oxygen atoms in total. The van der Waals surface area contributed by atoms with E-state index < -0.39 is 60.2 Å². The number of hydrogen-bond donors (Lipinski definition) is 7. The monoisotopic (exact) mass is 502 g/mol. The van der Waals surface area contributed by atoms with Crippen molar-refractivity contribution in [1.29, 1.82) is 0 Å². The minimum Gasteiger partial charge on any atom is -0.480 e. The van der Waals surface area contributed by atoms with Crippen molar-refractivity contribution in [3.8, 4) is 0 Å². The van der Waals surface area contributed by atoms with Crippen LogP contribution < -0.4 is 27.4 Å². The zero-order chi connectivity index (χ0) is 27.0. The van der Waals surface area contributed by atoms with Crippen LogP contribution in [0.2, 0.25) is 0 Å². The molecule has 1 aromatic carbocycles. The van der Waals surface area contributed by atoms with E-state index in [4.69, 9.17) is 16.6 Å². The van der Waals surface area contributed by atoms with Crippen LogP contribution in [0.1, 0.15) is 39.2 Å².